The summed E-state index contributed by atoms with van der Waals surface area (Å²) in [5.74, 6) is 1.75. The van der Waals surface area contributed by atoms with Gasteiger partial charge in [0.25, 0.3) is 0 Å². The molecule has 32 heavy (non-hydrogen) atoms. The minimum Gasteiger partial charge on any atom is -0.496 e. The van der Waals surface area contributed by atoms with Gasteiger partial charge in [0.15, 0.2) is 0 Å². The Morgan fingerprint density at radius 2 is 0.906 bits per heavy atom. The standard InChI is InChI=1S/C28H26N2O2/c1-29-23-15-13-20(22-10-6-8-12-28(22)32-4)18-26(23)30(2)24-16-14-19(17-25(24)29)21-9-5-7-11-27(21)31-3/h5-18H,1-4H3. The molecule has 0 radical (unpaired) electrons. The van der Waals surface area contributed by atoms with Crippen LogP contribution in [0.5, 0.6) is 11.5 Å². The Morgan fingerprint density at radius 1 is 0.500 bits per heavy atom. The van der Waals surface area contributed by atoms with Crippen molar-refractivity contribution in [2.24, 2.45) is 0 Å². The zero-order chi connectivity index (χ0) is 22.2. The van der Waals surface area contributed by atoms with Crippen LogP contribution in [0.2, 0.25) is 0 Å². The van der Waals surface area contributed by atoms with Crippen LogP contribution < -0.4 is 19.3 Å². The van der Waals surface area contributed by atoms with E-state index in [0.29, 0.717) is 0 Å². The average molecular weight is 423 g/mol. The van der Waals surface area contributed by atoms with E-state index in [2.05, 4.69) is 72.4 Å². The van der Waals surface area contributed by atoms with Crippen LogP contribution in [0.3, 0.4) is 0 Å². The van der Waals surface area contributed by atoms with Crippen molar-refractivity contribution in [1.82, 2.24) is 0 Å². The second-order valence-electron chi connectivity index (χ2n) is 7.93. The normalized spacial score (nSPS) is 12.2. The first kappa shape index (κ1) is 20.0. The molecule has 4 aromatic rings. The number of rotatable bonds is 4. The number of fused-ring (bicyclic) bond motifs is 2. The van der Waals surface area contributed by atoms with Crippen LogP contribution in [0.25, 0.3) is 22.3 Å². The van der Waals surface area contributed by atoms with Gasteiger partial charge in [-0.2, -0.15) is 0 Å². The number of methoxy groups -OCH3 is 2. The molecule has 0 fully saturated rings. The van der Waals surface area contributed by atoms with Crippen molar-refractivity contribution in [3.05, 3.63) is 84.9 Å². The Morgan fingerprint density at radius 3 is 1.31 bits per heavy atom. The first-order valence-electron chi connectivity index (χ1n) is 10.6. The number of hydrogen-bond donors (Lipinski definition) is 0. The highest BCUT2D eigenvalue weighted by atomic mass is 16.5. The van der Waals surface area contributed by atoms with Crippen LogP contribution in [0.4, 0.5) is 22.7 Å². The van der Waals surface area contributed by atoms with E-state index in [0.717, 1.165) is 56.5 Å². The smallest absolute Gasteiger partial charge is 0.126 e. The van der Waals surface area contributed by atoms with Gasteiger partial charge < -0.3 is 19.3 Å². The van der Waals surface area contributed by atoms with Crippen LogP contribution in [0, 0.1) is 0 Å². The summed E-state index contributed by atoms with van der Waals surface area (Å²) in [6.45, 7) is 0. The lowest BCUT2D eigenvalue weighted by atomic mass is 9.98. The highest BCUT2D eigenvalue weighted by Gasteiger charge is 2.25. The van der Waals surface area contributed by atoms with E-state index < -0.39 is 0 Å². The number of hydrogen-bond acceptors (Lipinski definition) is 4. The van der Waals surface area contributed by atoms with Crippen molar-refractivity contribution in [2.45, 2.75) is 0 Å². The molecule has 4 nitrogen and oxygen atoms in total. The highest BCUT2D eigenvalue weighted by Crippen LogP contribution is 2.49. The molecule has 0 saturated carbocycles. The Labute approximate surface area is 189 Å². The molecule has 1 aliphatic rings. The van der Waals surface area contributed by atoms with Crippen molar-refractivity contribution < 1.29 is 9.47 Å². The molecule has 1 aliphatic heterocycles. The molecule has 0 unspecified atom stereocenters. The Bertz CT molecular complexity index is 1200. The first-order valence-corrected chi connectivity index (χ1v) is 10.6. The Balaban J connectivity index is 1.59. The van der Waals surface area contributed by atoms with Crippen LogP contribution in [0.15, 0.2) is 84.9 Å². The molecule has 0 atom stereocenters. The molecule has 1 heterocycles. The molecule has 0 bridgehead atoms. The second-order valence-corrected chi connectivity index (χ2v) is 7.93. The predicted molar refractivity (Wildman–Crippen MR) is 133 cm³/mol. The van der Waals surface area contributed by atoms with Gasteiger partial charge in [-0.1, -0.05) is 48.5 Å². The molecule has 5 rings (SSSR count). The SMILES string of the molecule is COc1ccccc1-c1ccc2c(c1)N(C)c1ccc(-c3ccccc3OC)cc1N2C. The maximum absolute atomic E-state index is 5.59. The number of para-hydroxylation sites is 2. The quantitative estimate of drug-likeness (QED) is 0.358. The van der Waals surface area contributed by atoms with Gasteiger partial charge in [-0.15, -0.1) is 0 Å². The van der Waals surface area contributed by atoms with Gasteiger partial charge in [0.1, 0.15) is 11.5 Å². The molecule has 160 valence electrons. The van der Waals surface area contributed by atoms with Crippen molar-refractivity contribution >= 4 is 22.7 Å². The summed E-state index contributed by atoms with van der Waals surface area (Å²) in [4.78, 5) is 4.52. The van der Waals surface area contributed by atoms with E-state index >= 15 is 0 Å². The molecule has 4 heteroatoms. The third kappa shape index (κ3) is 3.16. The van der Waals surface area contributed by atoms with E-state index in [-0.39, 0.29) is 0 Å². The third-order valence-corrected chi connectivity index (χ3v) is 6.23. The maximum Gasteiger partial charge on any atom is 0.126 e. The summed E-state index contributed by atoms with van der Waals surface area (Å²) in [5.41, 5.74) is 9.09. The lowest BCUT2D eigenvalue weighted by Crippen LogP contribution is -2.24. The van der Waals surface area contributed by atoms with Gasteiger partial charge in [-0.05, 0) is 47.5 Å². The van der Waals surface area contributed by atoms with Gasteiger partial charge >= 0.3 is 0 Å². The molecule has 0 aliphatic carbocycles. The number of anilines is 4. The molecule has 0 amide bonds. The lowest BCUT2D eigenvalue weighted by Gasteiger charge is -2.37. The molecule has 0 saturated heterocycles. The summed E-state index contributed by atoms with van der Waals surface area (Å²) in [6.07, 6.45) is 0. The monoisotopic (exact) mass is 422 g/mol. The van der Waals surface area contributed by atoms with Crippen LogP contribution >= 0.6 is 0 Å². The fourth-order valence-corrected chi connectivity index (χ4v) is 4.51. The zero-order valence-corrected chi connectivity index (χ0v) is 18.8. The molecule has 0 aromatic heterocycles. The van der Waals surface area contributed by atoms with Crippen LogP contribution in [0.1, 0.15) is 0 Å². The van der Waals surface area contributed by atoms with Gasteiger partial charge in [0.2, 0.25) is 0 Å². The molecule has 0 N–H and O–H groups in total. The average Bonchev–Trinajstić information content (AvgIpc) is 2.86. The minimum atomic E-state index is 0.876. The number of nitrogens with zero attached hydrogens (tertiary/aromatic N) is 2. The van der Waals surface area contributed by atoms with Crippen molar-refractivity contribution in [3.8, 4) is 33.8 Å². The van der Waals surface area contributed by atoms with Crippen molar-refractivity contribution in [2.75, 3.05) is 38.1 Å². The van der Waals surface area contributed by atoms with Gasteiger partial charge in [-0.25, -0.2) is 0 Å². The van der Waals surface area contributed by atoms with E-state index in [1.807, 2.05) is 36.4 Å². The minimum absolute atomic E-state index is 0.876. The van der Waals surface area contributed by atoms with Crippen LogP contribution in [-0.4, -0.2) is 28.3 Å². The molecule has 4 aromatic carbocycles. The zero-order valence-electron chi connectivity index (χ0n) is 18.8. The third-order valence-electron chi connectivity index (χ3n) is 6.23. The lowest BCUT2D eigenvalue weighted by molar-refractivity contribution is 0.416. The van der Waals surface area contributed by atoms with E-state index in [1.54, 1.807) is 14.2 Å². The van der Waals surface area contributed by atoms with E-state index in [4.69, 9.17) is 9.47 Å². The fourth-order valence-electron chi connectivity index (χ4n) is 4.51. The van der Waals surface area contributed by atoms with Crippen molar-refractivity contribution in [1.29, 1.82) is 0 Å². The van der Waals surface area contributed by atoms with Crippen molar-refractivity contribution in [3.63, 3.8) is 0 Å². The molecule has 0 spiro atoms. The van der Waals surface area contributed by atoms with E-state index in [1.165, 1.54) is 0 Å². The summed E-state index contributed by atoms with van der Waals surface area (Å²) in [7, 11) is 7.68. The van der Waals surface area contributed by atoms with Gasteiger partial charge in [0.05, 0.1) is 37.0 Å². The summed E-state index contributed by atoms with van der Waals surface area (Å²) < 4.78 is 11.2. The fraction of sp³-hybridized carbons (Fsp3) is 0.143. The Kier molecular flexibility index (Phi) is 4.98. The number of ether oxygens (including phenoxy) is 2. The molecular formula is C28H26N2O2. The topological polar surface area (TPSA) is 24.9 Å². The van der Waals surface area contributed by atoms with E-state index in [9.17, 15) is 0 Å². The van der Waals surface area contributed by atoms with Gasteiger partial charge in [-0.3, -0.25) is 0 Å². The summed E-state index contributed by atoms with van der Waals surface area (Å²) >= 11 is 0. The van der Waals surface area contributed by atoms with Crippen LogP contribution in [-0.2, 0) is 0 Å². The second kappa shape index (κ2) is 7.97. The first-order chi connectivity index (χ1) is 15.6. The highest BCUT2D eigenvalue weighted by molar-refractivity contribution is 5.96. The maximum atomic E-state index is 5.59. The van der Waals surface area contributed by atoms with Gasteiger partial charge in [0, 0.05) is 25.2 Å². The summed E-state index contributed by atoms with van der Waals surface area (Å²) in [5, 5.41) is 0. The largest absolute Gasteiger partial charge is 0.496 e. The predicted octanol–water partition coefficient (Wildman–Crippen LogP) is 6.89. The Hall–Kier alpha value is -3.92. The summed E-state index contributed by atoms with van der Waals surface area (Å²) in [6, 6.07) is 29.4. The number of benzene rings is 4. The molecular weight excluding hydrogens is 396 g/mol.